The number of thiophene rings is 1. The van der Waals surface area contributed by atoms with Crippen LogP contribution in [0, 0.1) is 6.92 Å². The summed E-state index contributed by atoms with van der Waals surface area (Å²) in [5.74, 6) is 0.702. The number of hydrogen-bond acceptors (Lipinski definition) is 4. The first kappa shape index (κ1) is 16.1. The van der Waals surface area contributed by atoms with E-state index >= 15 is 0 Å². The summed E-state index contributed by atoms with van der Waals surface area (Å²) in [5.41, 5.74) is 3.20. The summed E-state index contributed by atoms with van der Waals surface area (Å²) in [5, 5.41) is 8.22. The molecule has 0 spiro atoms. The van der Waals surface area contributed by atoms with Crippen LogP contribution in [0.25, 0.3) is 0 Å². The number of aryl methyl sites for hydroxylation is 1. The highest BCUT2D eigenvalue weighted by atomic mass is 32.1. The van der Waals surface area contributed by atoms with E-state index in [1.165, 1.54) is 0 Å². The Morgan fingerprint density at radius 3 is 2.33 bits per heavy atom. The van der Waals surface area contributed by atoms with Gasteiger partial charge in [0.15, 0.2) is 0 Å². The lowest BCUT2D eigenvalue weighted by Crippen LogP contribution is -2.13. The number of rotatable bonds is 5. The summed E-state index contributed by atoms with van der Waals surface area (Å²) in [6.07, 6.45) is 0. The highest BCUT2D eigenvalue weighted by molar-refractivity contribution is 7.10. The quantitative estimate of drug-likeness (QED) is 0.683. The standard InChI is InChI=1S/C19H18N2O2S/c1-13-16(11-12-24-13)19(22)21-18-6-4-3-5-17(18)20-14-7-9-15(23-2)10-8-14/h3-12,20H,1-2H3,(H,21,22). The van der Waals surface area contributed by atoms with Gasteiger partial charge >= 0.3 is 0 Å². The van der Waals surface area contributed by atoms with Crippen molar-refractivity contribution in [2.75, 3.05) is 17.7 Å². The molecule has 3 rings (SSSR count). The average Bonchev–Trinajstić information content (AvgIpc) is 3.03. The SMILES string of the molecule is COc1ccc(Nc2ccccc2NC(=O)c2ccsc2C)cc1. The van der Waals surface area contributed by atoms with Crippen molar-refractivity contribution in [3.8, 4) is 5.75 Å². The van der Waals surface area contributed by atoms with Gasteiger partial charge in [0.25, 0.3) is 5.91 Å². The van der Waals surface area contributed by atoms with Gasteiger partial charge in [-0.15, -0.1) is 11.3 Å². The van der Waals surface area contributed by atoms with Crippen LogP contribution >= 0.6 is 11.3 Å². The maximum Gasteiger partial charge on any atom is 0.256 e. The second-order valence-electron chi connectivity index (χ2n) is 5.24. The van der Waals surface area contributed by atoms with Crippen molar-refractivity contribution >= 4 is 34.3 Å². The number of ether oxygens (including phenoxy) is 1. The summed E-state index contributed by atoms with van der Waals surface area (Å²) in [7, 11) is 1.64. The van der Waals surface area contributed by atoms with Crippen molar-refractivity contribution in [2.24, 2.45) is 0 Å². The number of hydrogen-bond donors (Lipinski definition) is 2. The summed E-state index contributed by atoms with van der Waals surface area (Å²) < 4.78 is 5.16. The molecule has 24 heavy (non-hydrogen) atoms. The Balaban J connectivity index is 1.80. The summed E-state index contributed by atoms with van der Waals surface area (Å²) in [6.45, 7) is 1.95. The predicted octanol–water partition coefficient (Wildman–Crippen LogP) is 5.06. The van der Waals surface area contributed by atoms with Gasteiger partial charge in [0.05, 0.1) is 24.0 Å². The highest BCUT2D eigenvalue weighted by Gasteiger charge is 2.12. The number of nitrogens with one attached hydrogen (secondary N) is 2. The molecule has 0 saturated carbocycles. The average molecular weight is 338 g/mol. The Bertz CT molecular complexity index is 841. The van der Waals surface area contributed by atoms with Crippen LogP contribution in [-0.4, -0.2) is 13.0 Å². The van der Waals surface area contributed by atoms with E-state index in [1.807, 2.05) is 66.9 Å². The van der Waals surface area contributed by atoms with Gasteiger partial charge in [-0.1, -0.05) is 12.1 Å². The molecular formula is C19H18N2O2S. The number of para-hydroxylation sites is 2. The molecule has 5 heteroatoms. The van der Waals surface area contributed by atoms with Crippen LogP contribution < -0.4 is 15.4 Å². The molecule has 0 bridgehead atoms. The van der Waals surface area contributed by atoms with Gasteiger partial charge < -0.3 is 15.4 Å². The molecule has 4 nitrogen and oxygen atoms in total. The van der Waals surface area contributed by atoms with Crippen molar-refractivity contribution in [3.05, 3.63) is 70.4 Å². The molecule has 0 aliphatic rings. The van der Waals surface area contributed by atoms with Crippen molar-refractivity contribution in [1.29, 1.82) is 0 Å². The van der Waals surface area contributed by atoms with Crippen LogP contribution in [0.3, 0.4) is 0 Å². The van der Waals surface area contributed by atoms with E-state index in [0.717, 1.165) is 27.7 Å². The molecule has 0 radical (unpaired) electrons. The molecule has 1 amide bonds. The number of benzene rings is 2. The minimum atomic E-state index is -0.0993. The van der Waals surface area contributed by atoms with Gasteiger partial charge in [0.1, 0.15) is 5.75 Å². The third-order valence-corrected chi connectivity index (χ3v) is 4.49. The minimum Gasteiger partial charge on any atom is -0.497 e. The van der Waals surface area contributed by atoms with E-state index in [-0.39, 0.29) is 5.91 Å². The van der Waals surface area contributed by atoms with Gasteiger partial charge in [0.2, 0.25) is 0 Å². The van der Waals surface area contributed by atoms with Gasteiger partial charge in [-0.3, -0.25) is 4.79 Å². The predicted molar refractivity (Wildman–Crippen MR) is 99.7 cm³/mol. The molecule has 0 atom stereocenters. The Labute approximate surface area is 145 Å². The fourth-order valence-electron chi connectivity index (χ4n) is 2.34. The third kappa shape index (κ3) is 3.58. The van der Waals surface area contributed by atoms with Crippen LogP contribution in [-0.2, 0) is 0 Å². The van der Waals surface area contributed by atoms with Gasteiger partial charge in [-0.05, 0) is 54.8 Å². The van der Waals surface area contributed by atoms with Gasteiger partial charge in [-0.25, -0.2) is 0 Å². The molecule has 0 fully saturated rings. The normalized spacial score (nSPS) is 10.2. The molecule has 3 aromatic rings. The molecule has 0 unspecified atom stereocenters. The first-order chi connectivity index (χ1) is 11.7. The van der Waals surface area contributed by atoms with Crippen molar-refractivity contribution in [2.45, 2.75) is 6.92 Å². The molecule has 0 saturated heterocycles. The van der Waals surface area contributed by atoms with E-state index < -0.39 is 0 Å². The fraction of sp³-hybridized carbons (Fsp3) is 0.105. The number of carbonyl (C=O) groups is 1. The molecular weight excluding hydrogens is 320 g/mol. The van der Waals surface area contributed by atoms with E-state index in [4.69, 9.17) is 4.74 Å². The topological polar surface area (TPSA) is 50.4 Å². The fourth-order valence-corrected chi connectivity index (χ4v) is 3.04. The van der Waals surface area contributed by atoms with E-state index in [2.05, 4.69) is 10.6 Å². The number of carbonyl (C=O) groups excluding carboxylic acids is 1. The van der Waals surface area contributed by atoms with Crippen molar-refractivity contribution < 1.29 is 9.53 Å². The Hall–Kier alpha value is -2.79. The lowest BCUT2D eigenvalue weighted by molar-refractivity contribution is 0.102. The first-order valence-electron chi connectivity index (χ1n) is 7.53. The molecule has 122 valence electrons. The lowest BCUT2D eigenvalue weighted by atomic mass is 10.2. The number of amides is 1. The zero-order valence-electron chi connectivity index (χ0n) is 13.5. The molecule has 0 aliphatic carbocycles. The second-order valence-corrected chi connectivity index (χ2v) is 6.36. The summed E-state index contributed by atoms with van der Waals surface area (Å²) >= 11 is 1.57. The molecule has 2 N–H and O–H groups in total. The van der Waals surface area contributed by atoms with Crippen LogP contribution in [0.4, 0.5) is 17.1 Å². The lowest BCUT2D eigenvalue weighted by Gasteiger charge is -2.13. The number of methoxy groups -OCH3 is 1. The minimum absolute atomic E-state index is 0.0993. The van der Waals surface area contributed by atoms with Gasteiger partial charge in [0, 0.05) is 10.6 Å². The summed E-state index contributed by atoms with van der Waals surface area (Å²) in [6, 6.07) is 17.1. The van der Waals surface area contributed by atoms with Gasteiger partial charge in [-0.2, -0.15) is 0 Å². The monoisotopic (exact) mass is 338 g/mol. The van der Waals surface area contributed by atoms with Crippen molar-refractivity contribution in [3.63, 3.8) is 0 Å². The maximum atomic E-state index is 12.4. The van der Waals surface area contributed by atoms with E-state index in [1.54, 1.807) is 18.4 Å². The Morgan fingerprint density at radius 1 is 1.00 bits per heavy atom. The zero-order valence-corrected chi connectivity index (χ0v) is 14.3. The molecule has 1 aromatic heterocycles. The first-order valence-corrected chi connectivity index (χ1v) is 8.41. The van der Waals surface area contributed by atoms with Crippen LogP contribution in [0.2, 0.25) is 0 Å². The zero-order chi connectivity index (χ0) is 16.9. The highest BCUT2D eigenvalue weighted by Crippen LogP contribution is 2.27. The third-order valence-electron chi connectivity index (χ3n) is 3.65. The molecule has 0 aliphatic heterocycles. The summed E-state index contributed by atoms with van der Waals surface area (Å²) in [4.78, 5) is 13.4. The number of anilines is 3. The van der Waals surface area contributed by atoms with Crippen LogP contribution in [0.1, 0.15) is 15.2 Å². The van der Waals surface area contributed by atoms with Crippen molar-refractivity contribution in [1.82, 2.24) is 0 Å². The second kappa shape index (κ2) is 7.19. The maximum absolute atomic E-state index is 12.4. The van der Waals surface area contributed by atoms with E-state index in [9.17, 15) is 4.79 Å². The largest absolute Gasteiger partial charge is 0.497 e. The Morgan fingerprint density at radius 2 is 1.71 bits per heavy atom. The smallest absolute Gasteiger partial charge is 0.256 e. The Kier molecular flexibility index (Phi) is 4.82. The van der Waals surface area contributed by atoms with Crippen LogP contribution in [0.5, 0.6) is 5.75 Å². The molecule has 1 heterocycles. The van der Waals surface area contributed by atoms with E-state index in [0.29, 0.717) is 5.56 Å². The molecule has 2 aromatic carbocycles. The van der Waals surface area contributed by atoms with Crippen LogP contribution in [0.15, 0.2) is 60.0 Å².